The van der Waals surface area contributed by atoms with E-state index < -0.39 is 24.4 Å². The number of hydrogen-bond donors (Lipinski definition) is 0. The first-order valence-electron chi connectivity index (χ1n) is 23.4. The van der Waals surface area contributed by atoms with E-state index in [9.17, 15) is 19.2 Å². The quantitative estimate of drug-likeness (QED) is 0.0150. The Bertz CT molecular complexity index is 982. The number of unbranched alkanes of at least 4 members (excludes halogenated alkanes) is 22. The summed E-state index contributed by atoms with van der Waals surface area (Å²) in [5, 5.41) is 0. The molecule has 0 heterocycles. The second-order valence-corrected chi connectivity index (χ2v) is 16.4. The average Bonchev–Trinajstić information content (AvgIpc) is 3.17. The molecule has 9 nitrogen and oxygen atoms in total. The minimum atomic E-state index is -0.615. The van der Waals surface area contributed by atoms with Crippen LogP contribution in [0.15, 0.2) is 24.3 Å². The first-order chi connectivity index (χ1) is 27.5. The summed E-state index contributed by atoms with van der Waals surface area (Å²) in [5.74, 6) is -1.56. The summed E-state index contributed by atoms with van der Waals surface area (Å²) >= 11 is 0. The van der Waals surface area contributed by atoms with Gasteiger partial charge in [0, 0.05) is 26.7 Å². The Hall–Kier alpha value is -2.39. The fourth-order valence-corrected chi connectivity index (χ4v) is 6.39. The largest absolute Gasteiger partial charge is 1.00 e. The van der Waals surface area contributed by atoms with E-state index in [-0.39, 0.29) is 54.9 Å². The molecule has 0 aliphatic rings. The van der Waals surface area contributed by atoms with Gasteiger partial charge in [-0.25, -0.2) is 0 Å². The summed E-state index contributed by atoms with van der Waals surface area (Å²) in [7, 11) is 3.61. The third-order valence-corrected chi connectivity index (χ3v) is 10.9. The van der Waals surface area contributed by atoms with Gasteiger partial charge in [0.15, 0.2) is 0 Å². The molecule has 0 aromatic carbocycles. The molecule has 10 heteroatoms. The maximum atomic E-state index is 12.5. The molecule has 0 saturated heterocycles. The summed E-state index contributed by atoms with van der Waals surface area (Å²) in [6.45, 7) is 7.92. The van der Waals surface area contributed by atoms with Crippen molar-refractivity contribution in [2.45, 2.75) is 233 Å². The van der Waals surface area contributed by atoms with E-state index >= 15 is 0 Å². The average molecular weight is 843 g/mol. The van der Waals surface area contributed by atoms with Gasteiger partial charge in [-0.2, -0.15) is 0 Å². The molecule has 0 N–H and O–H groups in total. The van der Waals surface area contributed by atoms with Crippen LogP contribution in [0.2, 0.25) is 0 Å². The van der Waals surface area contributed by atoms with Gasteiger partial charge in [-0.1, -0.05) is 141 Å². The van der Waals surface area contributed by atoms with E-state index in [4.69, 9.17) is 18.9 Å². The third-order valence-electron chi connectivity index (χ3n) is 10.9. The van der Waals surface area contributed by atoms with Gasteiger partial charge in [0.05, 0.1) is 26.9 Å². The van der Waals surface area contributed by atoms with Crippen LogP contribution in [0.25, 0.3) is 0 Å². The second kappa shape index (κ2) is 41.3. The van der Waals surface area contributed by atoms with E-state index in [1.165, 1.54) is 116 Å². The maximum Gasteiger partial charge on any atom is 0.313 e. The molecule has 0 rings (SSSR count). The highest BCUT2D eigenvalue weighted by Crippen LogP contribution is 2.17. The first kappa shape index (κ1) is 57.7. The molecule has 340 valence electrons. The van der Waals surface area contributed by atoms with Crippen LogP contribution in [0.1, 0.15) is 220 Å². The Morgan fingerprint density at radius 2 is 0.690 bits per heavy atom. The molecule has 2 unspecified atom stereocenters. The lowest BCUT2D eigenvalue weighted by atomic mass is 10.1. The standard InChI is InChI=1S/C48H88NO8.ClH/c1-7-9-11-13-15-17-19-21-23-25-27-29-31-33-35-37-45(50)54-41-39-47(52)56-43(3)49(5,6)44(4)57-48(53)40-42-55-46(51)38-36-34-32-30-28-26-24-22-20-18-16-14-12-10-8-2;/h21-24,43-44H,7-20,25-42H2,1-6H3;1H/q+1;/p-1. The molecular formula is C48H88ClNO8. The number of rotatable bonds is 40. The van der Waals surface area contributed by atoms with Gasteiger partial charge in [0.2, 0.25) is 12.5 Å². The SMILES string of the molecule is CCCCCCCCC=CCCCCCCCC(=O)OCCC(=O)OC(C)[N+](C)(C)C(C)OC(=O)CCOC(=O)CCCCCCCC=CCCCCCCCC.[Cl-]. The number of halogens is 1. The van der Waals surface area contributed by atoms with Crippen molar-refractivity contribution in [3.63, 3.8) is 0 Å². The van der Waals surface area contributed by atoms with Crippen LogP contribution in [0.5, 0.6) is 0 Å². The predicted octanol–water partition coefficient (Wildman–Crippen LogP) is 9.79. The number of carbonyl (C=O) groups is 4. The number of carbonyl (C=O) groups excluding carboxylic acids is 4. The minimum absolute atomic E-state index is 0. The van der Waals surface area contributed by atoms with Crippen LogP contribution in [0.4, 0.5) is 0 Å². The first-order valence-corrected chi connectivity index (χ1v) is 23.4. The number of hydrogen-bond acceptors (Lipinski definition) is 8. The van der Waals surface area contributed by atoms with Crippen LogP contribution in [-0.4, -0.2) is 68.1 Å². The van der Waals surface area contributed by atoms with Crippen molar-refractivity contribution in [3.05, 3.63) is 24.3 Å². The van der Waals surface area contributed by atoms with Crippen molar-refractivity contribution < 1.29 is 55.0 Å². The van der Waals surface area contributed by atoms with Gasteiger partial charge in [-0.15, -0.1) is 0 Å². The molecule has 0 radical (unpaired) electrons. The molecule has 0 fully saturated rings. The zero-order chi connectivity index (χ0) is 42.2. The normalized spacial score (nSPS) is 12.7. The number of ether oxygens (including phenoxy) is 4. The fourth-order valence-electron chi connectivity index (χ4n) is 6.39. The zero-order valence-corrected chi connectivity index (χ0v) is 38.9. The van der Waals surface area contributed by atoms with E-state index in [1.807, 2.05) is 0 Å². The highest BCUT2D eigenvalue weighted by atomic mass is 35.5. The van der Waals surface area contributed by atoms with E-state index in [1.54, 1.807) is 27.9 Å². The number of esters is 4. The number of nitrogens with zero attached hydrogens (tertiary/aromatic N) is 1. The van der Waals surface area contributed by atoms with E-state index in [0.29, 0.717) is 12.8 Å². The van der Waals surface area contributed by atoms with Crippen molar-refractivity contribution in [1.29, 1.82) is 0 Å². The summed E-state index contributed by atoms with van der Waals surface area (Å²) in [4.78, 5) is 49.2. The zero-order valence-electron chi connectivity index (χ0n) is 38.2. The van der Waals surface area contributed by atoms with Crippen molar-refractivity contribution in [1.82, 2.24) is 0 Å². The van der Waals surface area contributed by atoms with Crippen LogP contribution >= 0.6 is 0 Å². The molecule has 58 heavy (non-hydrogen) atoms. The van der Waals surface area contributed by atoms with Crippen molar-refractivity contribution in [2.75, 3.05) is 27.3 Å². The van der Waals surface area contributed by atoms with Gasteiger partial charge >= 0.3 is 23.9 Å². The van der Waals surface area contributed by atoms with Gasteiger partial charge in [-0.3, -0.25) is 23.7 Å². The lowest BCUT2D eigenvalue weighted by Gasteiger charge is -2.38. The molecule has 0 saturated carbocycles. The van der Waals surface area contributed by atoms with Crippen molar-refractivity contribution in [2.24, 2.45) is 0 Å². The van der Waals surface area contributed by atoms with Crippen LogP contribution in [0, 0.1) is 0 Å². The molecule has 0 aliphatic carbocycles. The summed E-state index contributed by atoms with van der Waals surface area (Å²) in [6, 6.07) is 0. The monoisotopic (exact) mass is 842 g/mol. The van der Waals surface area contributed by atoms with Crippen LogP contribution in [0.3, 0.4) is 0 Å². The van der Waals surface area contributed by atoms with E-state index in [2.05, 4.69) is 38.2 Å². The van der Waals surface area contributed by atoms with Crippen molar-refractivity contribution in [3.8, 4) is 0 Å². The Morgan fingerprint density at radius 1 is 0.414 bits per heavy atom. The van der Waals surface area contributed by atoms with Gasteiger partial charge in [0.25, 0.3) is 0 Å². The number of allylic oxidation sites excluding steroid dienone is 4. The molecular weight excluding hydrogens is 754 g/mol. The molecule has 0 aromatic rings. The predicted molar refractivity (Wildman–Crippen MR) is 233 cm³/mol. The Kier molecular flexibility index (Phi) is 41.1. The lowest BCUT2D eigenvalue weighted by molar-refractivity contribution is -0.971. The van der Waals surface area contributed by atoms with Crippen LogP contribution < -0.4 is 12.4 Å². The fraction of sp³-hybridized carbons (Fsp3) is 0.833. The Morgan fingerprint density at radius 3 is 1.00 bits per heavy atom. The summed E-state index contributed by atoms with van der Waals surface area (Å²) in [5.41, 5.74) is 0. The lowest BCUT2D eigenvalue weighted by Crippen LogP contribution is -3.00. The molecule has 2 atom stereocenters. The summed E-state index contributed by atoms with van der Waals surface area (Å²) in [6.07, 6.45) is 39.9. The topological polar surface area (TPSA) is 105 Å². The highest BCUT2D eigenvalue weighted by Gasteiger charge is 2.35. The van der Waals surface area contributed by atoms with Gasteiger partial charge < -0.3 is 31.4 Å². The maximum absolute atomic E-state index is 12.5. The Labute approximate surface area is 362 Å². The molecule has 0 aromatic heterocycles. The highest BCUT2D eigenvalue weighted by molar-refractivity contribution is 5.72. The molecule has 0 amide bonds. The Balaban J connectivity index is 0. The van der Waals surface area contributed by atoms with E-state index in [0.717, 1.165) is 51.4 Å². The number of quaternary nitrogens is 1. The van der Waals surface area contributed by atoms with Gasteiger partial charge in [-0.05, 0) is 64.2 Å². The van der Waals surface area contributed by atoms with Gasteiger partial charge in [0.1, 0.15) is 13.2 Å². The second-order valence-electron chi connectivity index (χ2n) is 16.4. The van der Waals surface area contributed by atoms with Crippen LogP contribution in [-0.2, 0) is 38.1 Å². The van der Waals surface area contributed by atoms with Crippen molar-refractivity contribution >= 4 is 23.9 Å². The minimum Gasteiger partial charge on any atom is -1.00 e. The smallest absolute Gasteiger partial charge is 0.313 e. The summed E-state index contributed by atoms with van der Waals surface area (Å²) < 4.78 is 21.8. The third kappa shape index (κ3) is 36.7. The molecule has 0 aliphatic heterocycles. The molecule has 0 spiro atoms. The molecule has 0 bridgehead atoms.